The fourth-order valence-electron chi connectivity index (χ4n) is 1.69. The lowest BCUT2D eigenvalue weighted by atomic mass is 10.3. The number of rotatable bonds is 5. The molecule has 1 aromatic heterocycles. The average molecular weight is 279 g/mol. The molecule has 0 fully saturated rings. The van der Waals surface area contributed by atoms with Crippen molar-refractivity contribution in [3.05, 3.63) is 18.2 Å². The fraction of sp³-hybridized carbons (Fsp3) is 0.385. The number of nitrogens with zero attached hydrogens (tertiary/aromatic N) is 1. The van der Waals surface area contributed by atoms with E-state index in [1.54, 1.807) is 14.0 Å². The van der Waals surface area contributed by atoms with E-state index < -0.39 is 0 Å². The van der Waals surface area contributed by atoms with Gasteiger partial charge in [-0.25, -0.2) is 4.98 Å². The molecule has 2 rings (SSSR count). The summed E-state index contributed by atoms with van der Waals surface area (Å²) in [4.78, 5) is 15.9. The van der Waals surface area contributed by atoms with E-state index in [2.05, 4.69) is 15.6 Å². The average Bonchev–Trinajstić information content (AvgIpc) is 2.79. The van der Waals surface area contributed by atoms with Crippen molar-refractivity contribution in [1.82, 2.24) is 10.3 Å². The molecule has 0 bridgehead atoms. The third-order valence-electron chi connectivity index (χ3n) is 2.65. The van der Waals surface area contributed by atoms with Crippen LogP contribution in [0.4, 0.5) is 5.13 Å². The van der Waals surface area contributed by atoms with Crippen molar-refractivity contribution in [3.63, 3.8) is 0 Å². The molecular formula is C13H17N3O2S. The first-order valence-corrected chi connectivity index (χ1v) is 6.97. The normalized spacial score (nSPS) is 12.2. The van der Waals surface area contributed by atoms with Gasteiger partial charge in [-0.3, -0.25) is 4.79 Å². The van der Waals surface area contributed by atoms with Gasteiger partial charge in [-0.15, -0.1) is 0 Å². The van der Waals surface area contributed by atoms with Crippen LogP contribution in [0.25, 0.3) is 10.2 Å². The lowest BCUT2D eigenvalue weighted by Gasteiger charge is -2.10. The number of carbonyl (C=O) groups excluding carboxylic acids is 1. The monoisotopic (exact) mass is 279 g/mol. The van der Waals surface area contributed by atoms with Crippen LogP contribution < -0.4 is 15.4 Å². The molecule has 102 valence electrons. The van der Waals surface area contributed by atoms with Gasteiger partial charge >= 0.3 is 0 Å². The molecule has 19 heavy (non-hydrogen) atoms. The van der Waals surface area contributed by atoms with Crippen LogP contribution in [0.3, 0.4) is 0 Å². The highest BCUT2D eigenvalue weighted by atomic mass is 32.1. The van der Waals surface area contributed by atoms with Crippen molar-refractivity contribution >= 4 is 32.6 Å². The van der Waals surface area contributed by atoms with E-state index in [0.29, 0.717) is 6.61 Å². The maximum atomic E-state index is 11.5. The predicted octanol–water partition coefficient (Wildman–Crippen LogP) is 2.24. The second-order valence-corrected chi connectivity index (χ2v) is 5.09. The highest BCUT2D eigenvalue weighted by Gasteiger charge is 2.13. The second-order valence-electron chi connectivity index (χ2n) is 4.06. The van der Waals surface area contributed by atoms with Crippen LogP contribution in [-0.2, 0) is 4.79 Å². The summed E-state index contributed by atoms with van der Waals surface area (Å²) in [6.07, 6.45) is 0. The zero-order chi connectivity index (χ0) is 13.8. The van der Waals surface area contributed by atoms with Gasteiger partial charge in [0.25, 0.3) is 0 Å². The number of hydrogen-bond acceptors (Lipinski definition) is 5. The van der Waals surface area contributed by atoms with Gasteiger partial charge in [0.2, 0.25) is 5.91 Å². The minimum atomic E-state index is -0.308. The zero-order valence-corrected chi connectivity index (χ0v) is 12.0. The highest BCUT2D eigenvalue weighted by Crippen LogP contribution is 2.29. The quantitative estimate of drug-likeness (QED) is 0.881. The summed E-state index contributed by atoms with van der Waals surface area (Å²) in [5.74, 6) is 0.777. The topological polar surface area (TPSA) is 63.2 Å². The summed E-state index contributed by atoms with van der Waals surface area (Å²) in [5.41, 5.74) is 0.903. The molecule has 0 radical (unpaired) electrons. The molecule has 0 aliphatic carbocycles. The lowest BCUT2D eigenvalue weighted by Crippen LogP contribution is -2.35. The largest absolute Gasteiger partial charge is 0.494 e. The summed E-state index contributed by atoms with van der Waals surface area (Å²) in [6, 6.07) is 5.48. The molecule has 6 heteroatoms. The standard InChI is InChI=1S/C13H17N3O2S/c1-4-18-9-5-6-10-11(7-9)19-13(16-10)15-8(2)12(17)14-3/h5-8H,4H2,1-3H3,(H,14,17)(H,15,16). The van der Waals surface area contributed by atoms with Gasteiger partial charge in [-0.1, -0.05) is 11.3 Å². The minimum absolute atomic E-state index is 0.0609. The molecular weight excluding hydrogens is 262 g/mol. The van der Waals surface area contributed by atoms with Crippen LogP contribution in [0.1, 0.15) is 13.8 Å². The molecule has 1 heterocycles. The van der Waals surface area contributed by atoms with E-state index in [1.807, 2.05) is 25.1 Å². The number of likely N-dealkylation sites (N-methyl/N-ethyl adjacent to an activating group) is 1. The first kappa shape index (κ1) is 13.6. The smallest absolute Gasteiger partial charge is 0.242 e. The molecule has 1 amide bonds. The Hall–Kier alpha value is -1.82. The molecule has 0 aliphatic rings. The molecule has 0 aliphatic heterocycles. The van der Waals surface area contributed by atoms with E-state index in [1.165, 1.54) is 11.3 Å². The third-order valence-corrected chi connectivity index (χ3v) is 3.60. The Labute approximate surface area is 116 Å². The number of hydrogen-bond donors (Lipinski definition) is 2. The number of nitrogens with one attached hydrogen (secondary N) is 2. The number of fused-ring (bicyclic) bond motifs is 1. The molecule has 2 aromatic rings. The third kappa shape index (κ3) is 3.14. The number of amides is 1. The Morgan fingerprint density at radius 1 is 1.53 bits per heavy atom. The number of ether oxygens (including phenoxy) is 1. The maximum Gasteiger partial charge on any atom is 0.242 e. The summed E-state index contributed by atoms with van der Waals surface area (Å²) in [6.45, 7) is 4.40. The number of thiazole rings is 1. The van der Waals surface area contributed by atoms with Crippen molar-refractivity contribution in [2.45, 2.75) is 19.9 Å². The molecule has 1 atom stereocenters. The fourth-order valence-corrected chi connectivity index (χ4v) is 2.67. The maximum absolute atomic E-state index is 11.5. The summed E-state index contributed by atoms with van der Waals surface area (Å²) in [7, 11) is 1.62. The first-order valence-electron chi connectivity index (χ1n) is 6.15. The molecule has 5 nitrogen and oxygen atoms in total. The van der Waals surface area contributed by atoms with E-state index in [4.69, 9.17) is 4.74 Å². The molecule has 0 spiro atoms. The Morgan fingerprint density at radius 3 is 3.00 bits per heavy atom. The SMILES string of the molecule is CCOc1ccc2nc(NC(C)C(=O)NC)sc2c1. The zero-order valence-electron chi connectivity index (χ0n) is 11.2. The Balaban J connectivity index is 2.19. The highest BCUT2D eigenvalue weighted by molar-refractivity contribution is 7.22. The number of benzene rings is 1. The lowest BCUT2D eigenvalue weighted by molar-refractivity contribution is -0.121. The van der Waals surface area contributed by atoms with Gasteiger partial charge in [0.15, 0.2) is 5.13 Å². The van der Waals surface area contributed by atoms with Gasteiger partial charge in [-0.2, -0.15) is 0 Å². The van der Waals surface area contributed by atoms with Crippen molar-refractivity contribution in [1.29, 1.82) is 0 Å². The summed E-state index contributed by atoms with van der Waals surface area (Å²) >= 11 is 1.51. The second kappa shape index (κ2) is 5.88. The van der Waals surface area contributed by atoms with Crippen molar-refractivity contribution in [3.8, 4) is 5.75 Å². The molecule has 1 unspecified atom stereocenters. The van der Waals surface area contributed by atoms with E-state index in [0.717, 1.165) is 21.1 Å². The van der Waals surface area contributed by atoms with Gasteiger partial charge in [0, 0.05) is 7.05 Å². The van der Waals surface area contributed by atoms with Gasteiger partial charge in [0.1, 0.15) is 11.8 Å². The van der Waals surface area contributed by atoms with Crippen LogP contribution >= 0.6 is 11.3 Å². The van der Waals surface area contributed by atoms with Crippen LogP contribution in [0.2, 0.25) is 0 Å². The number of anilines is 1. The summed E-state index contributed by atoms with van der Waals surface area (Å²) < 4.78 is 6.49. The van der Waals surface area contributed by atoms with Crippen molar-refractivity contribution in [2.24, 2.45) is 0 Å². The molecule has 2 N–H and O–H groups in total. The minimum Gasteiger partial charge on any atom is -0.494 e. The van der Waals surface area contributed by atoms with Crippen LogP contribution in [0.15, 0.2) is 18.2 Å². The van der Waals surface area contributed by atoms with E-state index in [9.17, 15) is 4.79 Å². The molecule has 0 saturated heterocycles. The Morgan fingerprint density at radius 2 is 2.32 bits per heavy atom. The van der Waals surface area contributed by atoms with Gasteiger partial charge < -0.3 is 15.4 Å². The van der Waals surface area contributed by atoms with Crippen LogP contribution in [0.5, 0.6) is 5.75 Å². The Bertz CT molecular complexity index is 582. The number of aromatic nitrogens is 1. The molecule has 1 aromatic carbocycles. The Kier molecular flexibility index (Phi) is 4.21. The number of carbonyl (C=O) groups is 1. The molecule has 0 saturated carbocycles. The van der Waals surface area contributed by atoms with Crippen molar-refractivity contribution < 1.29 is 9.53 Å². The van der Waals surface area contributed by atoms with Crippen LogP contribution in [0, 0.1) is 0 Å². The van der Waals surface area contributed by atoms with Crippen LogP contribution in [-0.4, -0.2) is 30.6 Å². The van der Waals surface area contributed by atoms with E-state index >= 15 is 0 Å². The van der Waals surface area contributed by atoms with E-state index in [-0.39, 0.29) is 11.9 Å². The van der Waals surface area contributed by atoms with Crippen molar-refractivity contribution in [2.75, 3.05) is 19.0 Å². The van der Waals surface area contributed by atoms with Gasteiger partial charge in [-0.05, 0) is 32.0 Å². The van der Waals surface area contributed by atoms with Gasteiger partial charge in [0.05, 0.1) is 16.8 Å². The predicted molar refractivity (Wildman–Crippen MR) is 77.9 cm³/mol. The first-order chi connectivity index (χ1) is 9.13. The summed E-state index contributed by atoms with van der Waals surface area (Å²) in [5, 5.41) is 6.42.